The largest absolute Gasteiger partial charge is 0.495 e. The quantitative estimate of drug-likeness (QED) is 0.554. The van der Waals surface area contributed by atoms with Crippen molar-refractivity contribution in [2.24, 2.45) is 0 Å². The lowest BCUT2D eigenvalue weighted by molar-refractivity contribution is 0.401. The first-order chi connectivity index (χ1) is 12.6. The highest BCUT2D eigenvalue weighted by Gasteiger charge is 2.20. The van der Waals surface area contributed by atoms with Gasteiger partial charge in [-0.1, -0.05) is 23.7 Å². The molecule has 0 aliphatic carbocycles. The van der Waals surface area contributed by atoms with Crippen molar-refractivity contribution >= 4 is 28.3 Å². The minimum absolute atomic E-state index is 0.233. The van der Waals surface area contributed by atoms with Crippen LogP contribution in [-0.4, -0.2) is 33.4 Å². The van der Waals surface area contributed by atoms with Gasteiger partial charge >= 0.3 is 0 Å². The number of aryl methyl sites for hydroxylation is 1. The predicted octanol–water partition coefficient (Wildman–Crippen LogP) is 3.01. The highest BCUT2D eigenvalue weighted by molar-refractivity contribution is 6.32. The number of methoxy groups -OCH3 is 2. The van der Waals surface area contributed by atoms with E-state index >= 15 is 0 Å². The van der Waals surface area contributed by atoms with Crippen molar-refractivity contribution in [2.45, 2.75) is 6.92 Å². The second-order valence-electron chi connectivity index (χ2n) is 5.70. The Bertz CT molecular complexity index is 1210. The molecule has 132 valence electrons. The molecule has 2 aromatic carbocycles. The summed E-state index contributed by atoms with van der Waals surface area (Å²) in [5.74, 6) is 1.91. The van der Waals surface area contributed by atoms with Gasteiger partial charge in [-0.15, -0.1) is 10.2 Å². The molecule has 0 aliphatic rings. The molecule has 7 nitrogen and oxygen atoms in total. The molecule has 0 amide bonds. The van der Waals surface area contributed by atoms with Gasteiger partial charge in [-0.3, -0.25) is 9.20 Å². The van der Waals surface area contributed by atoms with E-state index in [0.717, 1.165) is 5.52 Å². The summed E-state index contributed by atoms with van der Waals surface area (Å²) < 4.78 is 14.0. The summed E-state index contributed by atoms with van der Waals surface area (Å²) in [6.45, 7) is 1.83. The Balaban J connectivity index is 2.22. The molecule has 26 heavy (non-hydrogen) atoms. The van der Waals surface area contributed by atoms with Gasteiger partial charge in [0.25, 0.3) is 5.56 Å². The number of halogens is 1. The van der Waals surface area contributed by atoms with Crippen molar-refractivity contribution in [1.29, 1.82) is 0 Å². The Hall–Kier alpha value is -3.06. The summed E-state index contributed by atoms with van der Waals surface area (Å²) in [5.41, 5.74) is 0.983. The summed E-state index contributed by atoms with van der Waals surface area (Å²) in [6.07, 6.45) is 0. The van der Waals surface area contributed by atoms with E-state index in [0.29, 0.717) is 39.2 Å². The third-order valence-electron chi connectivity index (χ3n) is 4.28. The molecule has 0 N–H and O–H groups in total. The molecule has 0 unspecified atom stereocenters. The molecule has 2 heterocycles. The van der Waals surface area contributed by atoms with E-state index in [9.17, 15) is 4.79 Å². The number of benzene rings is 2. The maximum absolute atomic E-state index is 13.3. The molecule has 0 spiro atoms. The summed E-state index contributed by atoms with van der Waals surface area (Å²) in [5, 5.41) is 9.27. The van der Waals surface area contributed by atoms with E-state index in [1.165, 1.54) is 18.8 Å². The molecule has 4 rings (SSSR count). The van der Waals surface area contributed by atoms with Crippen LogP contribution in [0.4, 0.5) is 0 Å². The molecule has 0 atom stereocenters. The third kappa shape index (κ3) is 2.24. The Morgan fingerprint density at radius 1 is 1.04 bits per heavy atom. The van der Waals surface area contributed by atoms with Gasteiger partial charge in [-0.25, -0.2) is 4.57 Å². The van der Waals surface area contributed by atoms with Crippen LogP contribution in [0.1, 0.15) is 5.82 Å². The van der Waals surface area contributed by atoms with Gasteiger partial charge in [0.05, 0.1) is 35.8 Å². The first-order valence-corrected chi connectivity index (χ1v) is 8.22. The number of ether oxygens (including phenoxy) is 2. The number of para-hydroxylation sites is 1. The van der Waals surface area contributed by atoms with E-state index in [1.54, 1.807) is 18.2 Å². The van der Waals surface area contributed by atoms with Gasteiger partial charge in [0, 0.05) is 12.1 Å². The Kier molecular flexibility index (Phi) is 3.81. The normalized spacial score (nSPS) is 11.2. The first kappa shape index (κ1) is 16.4. The lowest BCUT2D eigenvalue weighted by atomic mass is 10.2. The van der Waals surface area contributed by atoms with Gasteiger partial charge in [-0.05, 0) is 19.1 Å². The molecule has 2 aromatic heterocycles. The second-order valence-corrected chi connectivity index (χ2v) is 6.11. The van der Waals surface area contributed by atoms with Gasteiger partial charge in [0.2, 0.25) is 5.78 Å². The molecular formula is C18H15ClN4O3. The van der Waals surface area contributed by atoms with Crippen LogP contribution in [0.15, 0.2) is 41.2 Å². The van der Waals surface area contributed by atoms with Crippen molar-refractivity contribution in [2.75, 3.05) is 14.2 Å². The molecule has 0 saturated heterocycles. The standard InChI is InChI=1S/C18H15ClN4O3/c1-10-20-21-18-22(10)13-7-5-4-6-11(13)17(24)23(18)14-9-15(25-2)12(19)8-16(14)26-3/h4-9H,1-3H3. The fourth-order valence-corrected chi connectivity index (χ4v) is 3.31. The second kappa shape index (κ2) is 6.03. The van der Waals surface area contributed by atoms with Crippen LogP contribution in [0, 0.1) is 6.92 Å². The minimum atomic E-state index is -0.233. The molecule has 0 fully saturated rings. The average Bonchev–Trinajstić information content (AvgIpc) is 3.04. The van der Waals surface area contributed by atoms with Crippen molar-refractivity contribution in [1.82, 2.24) is 19.2 Å². The Labute approximate surface area is 153 Å². The van der Waals surface area contributed by atoms with E-state index in [2.05, 4.69) is 10.2 Å². The van der Waals surface area contributed by atoms with Crippen LogP contribution >= 0.6 is 11.6 Å². The van der Waals surface area contributed by atoms with Gasteiger partial charge in [0.15, 0.2) is 0 Å². The summed E-state index contributed by atoms with van der Waals surface area (Å²) in [6, 6.07) is 10.6. The van der Waals surface area contributed by atoms with Crippen LogP contribution in [-0.2, 0) is 0 Å². The zero-order valence-electron chi connectivity index (χ0n) is 14.4. The smallest absolute Gasteiger partial charge is 0.267 e. The number of hydrogen-bond acceptors (Lipinski definition) is 5. The van der Waals surface area contributed by atoms with Crippen molar-refractivity contribution in [3.05, 3.63) is 57.6 Å². The summed E-state index contributed by atoms with van der Waals surface area (Å²) in [7, 11) is 3.03. The van der Waals surface area contributed by atoms with E-state index in [1.807, 2.05) is 29.5 Å². The van der Waals surface area contributed by atoms with E-state index < -0.39 is 0 Å². The van der Waals surface area contributed by atoms with Crippen molar-refractivity contribution in [3.8, 4) is 17.2 Å². The van der Waals surface area contributed by atoms with Crippen LogP contribution in [0.3, 0.4) is 0 Å². The Morgan fingerprint density at radius 2 is 1.77 bits per heavy atom. The summed E-state index contributed by atoms with van der Waals surface area (Å²) >= 11 is 6.20. The lowest BCUT2D eigenvalue weighted by Crippen LogP contribution is -2.22. The van der Waals surface area contributed by atoms with Gasteiger partial charge < -0.3 is 9.47 Å². The molecular weight excluding hydrogens is 356 g/mol. The fraction of sp³-hybridized carbons (Fsp3) is 0.167. The highest BCUT2D eigenvalue weighted by Crippen LogP contribution is 2.35. The Morgan fingerprint density at radius 3 is 2.50 bits per heavy atom. The number of hydrogen-bond donors (Lipinski definition) is 0. The predicted molar refractivity (Wildman–Crippen MR) is 98.9 cm³/mol. The number of aromatic nitrogens is 4. The topological polar surface area (TPSA) is 70.7 Å². The zero-order valence-corrected chi connectivity index (χ0v) is 15.1. The molecule has 0 bridgehead atoms. The molecule has 0 saturated carbocycles. The minimum Gasteiger partial charge on any atom is -0.495 e. The van der Waals surface area contributed by atoms with Crippen molar-refractivity contribution < 1.29 is 9.47 Å². The number of rotatable bonds is 3. The SMILES string of the molecule is COc1cc(-n2c(=O)c3ccccc3n3c(C)nnc23)c(OC)cc1Cl. The maximum Gasteiger partial charge on any atom is 0.267 e. The van der Waals surface area contributed by atoms with E-state index in [4.69, 9.17) is 21.1 Å². The van der Waals surface area contributed by atoms with E-state index in [-0.39, 0.29) is 5.56 Å². The third-order valence-corrected chi connectivity index (χ3v) is 4.58. The van der Waals surface area contributed by atoms with Crippen LogP contribution < -0.4 is 15.0 Å². The first-order valence-electron chi connectivity index (χ1n) is 7.84. The van der Waals surface area contributed by atoms with Crippen molar-refractivity contribution in [3.63, 3.8) is 0 Å². The van der Waals surface area contributed by atoms with Crippen LogP contribution in [0.5, 0.6) is 11.5 Å². The average molecular weight is 371 g/mol. The molecule has 0 aliphatic heterocycles. The molecule has 4 aromatic rings. The number of fused-ring (bicyclic) bond motifs is 3. The molecule has 0 radical (unpaired) electrons. The zero-order chi connectivity index (χ0) is 18.4. The van der Waals surface area contributed by atoms with Crippen LogP contribution in [0.2, 0.25) is 5.02 Å². The van der Waals surface area contributed by atoms with Crippen LogP contribution in [0.25, 0.3) is 22.4 Å². The van der Waals surface area contributed by atoms with Gasteiger partial charge in [-0.2, -0.15) is 0 Å². The monoisotopic (exact) mass is 370 g/mol. The summed E-state index contributed by atoms with van der Waals surface area (Å²) in [4.78, 5) is 13.3. The highest BCUT2D eigenvalue weighted by atomic mass is 35.5. The molecule has 8 heteroatoms. The maximum atomic E-state index is 13.3. The fourth-order valence-electron chi connectivity index (χ4n) is 3.07. The van der Waals surface area contributed by atoms with Gasteiger partial charge in [0.1, 0.15) is 17.3 Å². The lowest BCUT2D eigenvalue weighted by Gasteiger charge is -2.15. The number of nitrogens with zero attached hydrogens (tertiary/aromatic N) is 4.